The van der Waals surface area contributed by atoms with Crippen molar-refractivity contribution in [1.82, 2.24) is 0 Å². The van der Waals surface area contributed by atoms with Crippen LogP contribution in [0.25, 0.3) is 0 Å². The third-order valence-electron chi connectivity index (χ3n) is 2.77. The molecular weight excluding hydrogens is 274 g/mol. The fraction of sp³-hybridized carbons (Fsp3) is 0.200. The molecule has 2 rings (SSSR count). The zero-order valence-corrected chi connectivity index (χ0v) is 11.5. The first-order chi connectivity index (χ1) is 10.1. The molecular formula is C15H15NO5. The van der Waals surface area contributed by atoms with Gasteiger partial charge in [-0.3, -0.25) is 10.1 Å². The van der Waals surface area contributed by atoms with E-state index in [0.29, 0.717) is 29.4 Å². The Labute approximate surface area is 121 Å². The van der Waals surface area contributed by atoms with Crippen LogP contribution in [-0.2, 0) is 6.61 Å². The summed E-state index contributed by atoms with van der Waals surface area (Å²) in [4.78, 5) is 10.2. The molecule has 2 aromatic carbocycles. The van der Waals surface area contributed by atoms with Gasteiger partial charge in [0, 0.05) is 23.8 Å². The molecule has 2 aromatic rings. The van der Waals surface area contributed by atoms with E-state index in [4.69, 9.17) is 9.47 Å². The van der Waals surface area contributed by atoms with E-state index < -0.39 is 4.92 Å². The third kappa shape index (κ3) is 3.70. The monoisotopic (exact) mass is 289 g/mol. The van der Waals surface area contributed by atoms with E-state index in [9.17, 15) is 15.2 Å². The second-order valence-electron chi connectivity index (χ2n) is 4.22. The van der Waals surface area contributed by atoms with Gasteiger partial charge in [-0.15, -0.1) is 0 Å². The molecule has 1 N–H and O–H groups in total. The van der Waals surface area contributed by atoms with E-state index in [0.717, 1.165) is 0 Å². The summed E-state index contributed by atoms with van der Waals surface area (Å²) in [6.45, 7) is 2.08. The van der Waals surface area contributed by atoms with Crippen LogP contribution in [0.15, 0.2) is 42.5 Å². The van der Waals surface area contributed by atoms with Crippen LogP contribution >= 0.6 is 0 Å². The number of nitro groups is 1. The Bertz CT molecular complexity index is 642. The number of hydrogen-bond acceptors (Lipinski definition) is 5. The first kappa shape index (κ1) is 14.8. The summed E-state index contributed by atoms with van der Waals surface area (Å²) >= 11 is 0. The Morgan fingerprint density at radius 1 is 1.19 bits per heavy atom. The van der Waals surface area contributed by atoms with E-state index in [2.05, 4.69) is 0 Å². The highest BCUT2D eigenvalue weighted by atomic mass is 16.6. The lowest BCUT2D eigenvalue weighted by atomic mass is 10.2. The van der Waals surface area contributed by atoms with Gasteiger partial charge in [0.05, 0.1) is 18.1 Å². The quantitative estimate of drug-likeness (QED) is 0.652. The molecule has 0 aliphatic heterocycles. The molecule has 0 saturated carbocycles. The molecule has 0 aromatic heterocycles. The highest BCUT2D eigenvalue weighted by molar-refractivity contribution is 5.46. The zero-order valence-electron chi connectivity index (χ0n) is 11.5. The number of aliphatic hydroxyl groups is 1. The molecule has 0 aliphatic carbocycles. The van der Waals surface area contributed by atoms with E-state index in [1.165, 1.54) is 18.2 Å². The van der Waals surface area contributed by atoms with Crippen LogP contribution in [0, 0.1) is 10.1 Å². The minimum absolute atomic E-state index is 0.0885. The number of hydrogen-bond donors (Lipinski definition) is 1. The molecule has 0 atom stereocenters. The van der Waals surface area contributed by atoms with Crippen molar-refractivity contribution in [3.63, 3.8) is 0 Å². The first-order valence-corrected chi connectivity index (χ1v) is 6.43. The molecule has 0 spiro atoms. The Balaban J connectivity index is 2.26. The molecule has 0 bridgehead atoms. The topological polar surface area (TPSA) is 81.8 Å². The number of benzene rings is 2. The number of nitro benzene ring substituents is 1. The molecule has 0 amide bonds. The lowest BCUT2D eigenvalue weighted by Gasteiger charge is -2.11. The SMILES string of the molecule is CCOc1cccc(Oc2ccc([N+](=O)[O-])cc2CO)c1. The highest BCUT2D eigenvalue weighted by Crippen LogP contribution is 2.30. The smallest absolute Gasteiger partial charge is 0.270 e. The molecule has 0 saturated heterocycles. The highest BCUT2D eigenvalue weighted by Gasteiger charge is 2.12. The van der Waals surface area contributed by atoms with Gasteiger partial charge >= 0.3 is 0 Å². The fourth-order valence-corrected chi connectivity index (χ4v) is 1.82. The van der Waals surface area contributed by atoms with Crippen LogP contribution in [0.5, 0.6) is 17.2 Å². The number of non-ortho nitro benzene ring substituents is 1. The summed E-state index contributed by atoms with van der Waals surface area (Å²) in [6.07, 6.45) is 0. The summed E-state index contributed by atoms with van der Waals surface area (Å²) in [7, 11) is 0. The summed E-state index contributed by atoms with van der Waals surface area (Å²) in [5, 5.41) is 20.0. The molecule has 0 aliphatic rings. The van der Waals surface area contributed by atoms with Crippen LogP contribution < -0.4 is 9.47 Å². The molecule has 6 nitrogen and oxygen atoms in total. The summed E-state index contributed by atoms with van der Waals surface area (Å²) < 4.78 is 11.0. The van der Waals surface area contributed by atoms with Gasteiger partial charge in [0.15, 0.2) is 0 Å². The molecule has 110 valence electrons. The van der Waals surface area contributed by atoms with Crippen molar-refractivity contribution in [2.45, 2.75) is 13.5 Å². The number of aliphatic hydroxyl groups excluding tert-OH is 1. The Morgan fingerprint density at radius 3 is 2.62 bits per heavy atom. The van der Waals surface area contributed by atoms with Crippen molar-refractivity contribution in [1.29, 1.82) is 0 Å². The Kier molecular flexibility index (Phi) is 4.73. The van der Waals surface area contributed by atoms with Crippen molar-refractivity contribution >= 4 is 5.69 Å². The number of ether oxygens (including phenoxy) is 2. The second-order valence-corrected chi connectivity index (χ2v) is 4.22. The van der Waals surface area contributed by atoms with Gasteiger partial charge in [-0.05, 0) is 25.1 Å². The Morgan fingerprint density at radius 2 is 1.95 bits per heavy atom. The maximum atomic E-state index is 10.7. The molecule has 6 heteroatoms. The molecule has 0 fully saturated rings. The van der Waals surface area contributed by atoms with Crippen molar-refractivity contribution in [2.24, 2.45) is 0 Å². The molecule has 0 unspecified atom stereocenters. The van der Waals surface area contributed by atoms with Crippen LogP contribution in [0.2, 0.25) is 0 Å². The first-order valence-electron chi connectivity index (χ1n) is 6.43. The summed E-state index contributed by atoms with van der Waals surface area (Å²) in [5.74, 6) is 1.57. The molecule has 0 radical (unpaired) electrons. The zero-order chi connectivity index (χ0) is 15.2. The predicted molar refractivity (Wildman–Crippen MR) is 76.7 cm³/mol. The van der Waals surface area contributed by atoms with Crippen molar-refractivity contribution < 1.29 is 19.5 Å². The van der Waals surface area contributed by atoms with Crippen molar-refractivity contribution in [3.05, 3.63) is 58.1 Å². The second kappa shape index (κ2) is 6.71. The van der Waals surface area contributed by atoms with Crippen LogP contribution in [0.3, 0.4) is 0 Å². The molecule has 0 heterocycles. The van der Waals surface area contributed by atoms with E-state index in [-0.39, 0.29) is 12.3 Å². The van der Waals surface area contributed by atoms with E-state index in [1.807, 2.05) is 6.92 Å². The van der Waals surface area contributed by atoms with Gasteiger partial charge in [0.1, 0.15) is 17.2 Å². The lowest BCUT2D eigenvalue weighted by molar-refractivity contribution is -0.385. The summed E-state index contributed by atoms with van der Waals surface area (Å²) in [6, 6.07) is 11.1. The normalized spacial score (nSPS) is 10.2. The maximum absolute atomic E-state index is 10.7. The van der Waals surface area contributed by atoms with Crippen molar-refractivity contribution in [2.75, 3.05) is 6.61 Å². The van der Waals surface area contributed by atoms with Gasteiger partial charge in [0.2, 0.25) is 0 Å². The third-order valence-corrected chi connectivity index (χ3v) is 2.77. The van der Waals surface area contributed by atoms with Gasteiger partial charge in [-0.2, -0.15) is 0 Å². The summed E-state index contributed by atoms with van der Waals surface area (Å²) in [5.41, 5.74) is 0.264. The lowest BCUT2D eigenvalue weighted by Crippen LogP contribution is -1.96. The van der Waals surface area contributed by atoms with Crippen LogP contribution in [0.1, 0.15) is 12.5 Å². The predicted octanol–water partition coefficient (Wildman–Crippen LogP) is 3.28. The minimum Gasteiger partial charge on any atom is -0.494 e. The van der Waals surface area contributed by atoms with Gasteiger partial charge < -0.3 is 14.6 Å². The van der Waals surface area contributed by atoms with Crippen LogP contribution in [0.4, 0.5) is 5.69 Å². The minimum atomic E-state index is -0.515. The largest absolute Gasteiger partial charge is 0.494 e. The standard InChI is InChI=1S/C15H15NO5/c1-2-20-13-4-3-5-14(9-13)21-15-7-6-12(16(18)19)8-11(15)10-17/h3-9,17H,2,10H2,1H3. The van der Waals surface area contributed by atoms with E-state index >= 15 is 0 Å². The Hall–Kier alpha value is -2.60. The van der Waals surface area contributed by atoms with Crippen molar-refractivity contribution in [3.8, 4) is 17.2 Å². The van der Waals surface area contributed by atoms with E-state index in [1.54, 1.807) is 24.3 Å². The van der Waals surface area contributed by atoms with Gasteiger partial charge in [0.25, 0.3) is 5.69 Å². The van der Waals surface area contributed by atoms with Crippen LogP contribution in [-0.4, -0.2) is 16.6 Å². The number of rotatable bonds is 6. The number of nitrogens with zero attached hydrogens (tertiary/aromatic N) is 1. The fourth-order valence-electron chi connectivity index (χ4n) is 1.82. The average molecular weight is 289 g/mol. The molecule has 21 heavy (non-hydrogen) atoms. The average Bonchev–Trinajstić information content (AvgIpc) is 2.48. The maximum Gasteiger partial charge on any atom is 0.270 e. The van der Waals surface area contributed by atoms with Gasteiger partial charge in [-0.25, -0.2) is 0 Å². The van der Waals surface area contributed by atoms with Gasteiger partial charge in [-0.1, -0.05) is 6.07 Å².